The first-order valence-corrected chi connectivity index (χ1v) is 8.82. The fraction of sp³-hybridized carbons (Fsp3) is 0.357. The van der Waals surface area contributed by atoms with Crippen LogP contribution in [0.3, 0.4) is 0 Å². The van der Waals surface area contributed by atoms with Crippen LogP contribution in [0.25, 0.3) is 10.6 Å². The van der Waals surface area contributed by atoms with E-state index in [1.165, 1.54) is 12.1 Å². The van der Waals surface area contributed by atoms with Crippen LogP contribution in [0.1, 0.15) is 12.6 Å². The van der Waals surface area contributed by atoms with Crippen LogP contribution >= 0.6 is 11.3 Å². The van der Waals surface area contributed by atoms with E-state index in [1.807, 2.05) is 12.3 Å². The van der Waals surface area contributed by atoms with Gasteiger partial charge in [0.15, 0.2) is 0 Å². The Morgan fingerprint density at radius 1 is 1.35 bits per heavy atom. The first-order chi connectivity index (χ1) is 9.69. The molecule has 2 rings (SSSR count). The number of nitrogens with zero attached hydrogens (tertiary/aromatic N) is 1. The molecular weight excluding hydrogens is 295 g/mol. The third-order valence-electron chi connectivity index (χ3n) is 2.78. The summed E-state index contributed by atoms with van der Waals surface area (Å²) < 4.78 is 24.1. The van der Waals surface area contributed by atoms with Crippen LogP contribution in [-0.4, -0.2) is 27.2 Å². The van der Waals surface area contributed by atoms with E-state index in [-0.39, 0.29) is 5.82 Å². The second-order valence-electron chi connectivity index (χ2n) is 4.26. The van der Waals surface area contributed by atoms with Crippen molar-refractivity contribution in [3.8, 4) is 10.6 Å². The van der Waals surface area contributed by atoms with Crippen molar-refractivity contribution in [2.45, 2.75) is 13.5 Å². The monoisotopic (exact) mass is 312 g/mol. The second kappa shape index (κ2) is 7.61. The molecule has 3 nitrogen and oxygen atoms in total. The zero-order valence-corrected chi connectivity index (χ0v) is 12.9. The standard InChI is InChI=1S/C14H17FN2OS2/c1-2-20(18)8-7-16-9-13-10-19-14(17-13)11-3-5-12(15)6-4-11/h3-6,10,16H,2,7-9H2,1H3. The minimum absolute atomic E-state index is 0.240. The molecule has 0 fully saturated rings. The summed E-state index contributed by atoms with van der Waals surface area (Å²) in [6.07, 6.45) is 0. The average Bonchev–Trinajstić information content (AvgIpc) is 2.93. The van der Waals surface area contributed by atoms with E-state index in [2.05, 4.69) is 10.3 Å². The van der Waals surface area contributed by atoms with Gasteiger partial charge in [0.1, 0.15) is 10.8 Å². The lowest BCUT2D eigenvalue weighted by atomic mass is 10.2. The first kappa shape index (κ1) is 15.3. The summed E-state index contributed by atoms with van der Waals surface area (Å²) in [5.41, 5.74) is 1.88. The molecule has 0 amide bonds. The van der Waals surface area contributed by atoms with Gasteiger partial charge in [-0.05, 0) is 24.3 Å². The largest absolute Gasteiger partial charge is 0.310 e. The number of hydrogen-bond acceptors (Lipinski definition) is 4. The predicted molar refractivity (Wildman–Crippen MR) is 82.8 cm³/mol. The van der Waals surface area contributed by atoms with Gasteiger partial charge in [0.05, 0.1) is 5.69 Å². The van der Waals surface area contributed by atoms with Gasteiger partial charge in [-0.3, -0.25) is 4.21 Å². The molecule has 0 radical (unpaired) electrons. The van der Waals surface area contributed by atoms with Crippen molar-refractivity contribution in [3.63, 3.8) is 0 Å². The quantitative estimate of drug-likeness (QED) is 0.799. The van der Waals surface area contributed by atoms with Crippen LogP contribution in [0.4, 0.5) is 4.39 Å². The smallest absolute Gasteiger partial charge is 0.123 e. The number of hydrogen-bond donors (Lipinski definition) is 1. The molecular formula is C14H17FN2OS2. The Morgan fingerprint density at radius 2 is 2.10 bits per heavy atom. The molecule has 6 heteroatoms. The third kappa shape index (κ3) is 4.47. The zero-order valence-electron chi connectivity index (χ0n) is 11.3. The number of benzene rings is 1. The van der Waals surface area contributed by atoms with Gasteiger partial charge in [0.25, 0.3) is 0 Å². The molecule has 0 aliphatic carbocycles. The SMILES string of the molecule is CCS(=O)CCNCc1csc(-c2ccc(F)cc2)n1. The highest BCUT2D eigenvalue weighted by atomic mass is 32.2. The Balaban J connectivity index is 1.86. The second-order valence-corrected chi connectivity index (χ2v) is 6.98. The van der Waals surface area contributed by atoms with Crippen LogP contribution in [0.15, 0.2) is 29.6 Å². The molecule has 1 aromatic heterocycles. The van der Waals surface area contributed by atoms with Crippen LogP contribution in [0.5, 0.6) is 0 Å². The molecule has 1 atom stereocenters. The number of rotatable bonds is 7. The molecule has 1 heterocycles. The lowest BCUT2D eigenvalue weighted by molar-refractivity contribution is 0.628. The number of aromatic nitrogens is 1. The number of nitrogens with one attached hydrogen (secondary N) is 1. The van der Waals surface area contributed by atoms with Gasteiger partial charge >= 0.3 is 0 Å². The minimum Gasteiger partial charge on any atom is -0.310 e. The fourth-order valence-corrected chi connectivity index (χ4v) is 3.15. The highest BCUT2D eigenvalue weighted by Gasteiger charge is 2.05. The van der Waals surface area contributed by atoms with Gasteiger partial charge < -0.3 is 5.32 Å². The van der Waals surface area contributed by atoms with E-state index in [0.717, 1.165) is 22.8 Å². The summed E-state index contributed by atoms with van der Waals surface area (Å²) in [5.74, 6) is 1.13. The number of thiazole rings is 1. The fourth-order valence-electron chi connectivity index (χ4n) is 1.66. The van der Waals surface area contributed by atoms with Gasteiger partial charge in [-0.25, -0.2) is 9.37 Å². The maximum atomic E-state index is 12.9. The van der Waals surface area contributed by atoms with Crippen LogP contribution in [0.2, 0.25) is 0 Å². The van der Waals surface area contributed by atoms with E-state index in [9.17, 15) is 8.60 Å². The van der Waals surface area contributed by atoms with Gasteiger partial charge in [-0.2, -0.15) is 0 Å². The normalized spacial score (nSPS) is 12.5. The highest BCUT2D eigenvalue weighted by Crippen LogP contribution is 2.23. The summed E-state index contributed by atoms with van der Waals surface area (Å²) in [5, 5.41) is 6.11. The molecule has 0 aliphatic rings. The summed E-state index contributed by atoms with van der Waals surface area (Å²) in [4.78, 5) is 4.50. The summed E-state index contributed by atoms with van der Waals surface area (Å²) in [6.45, 7) is 3.31. The van der Waals surface area contributed by atoms with Crippen molar-refractivity contribution in [2.75, 3.05) is 18.1 Å². The lowest BCUT2D eigenvalue weighted by Gasteiger charge is -2.01. The van der Waals surface area contributed by atoms with Gasteiger partial charge in [0, 0.05) is 46.3 Å². The summed E-state index contributed by atoms with van der Waals surface area (Å²) in [7, 11) is -0.727. The Kier molecular flexibility index (Phi) is 5.82. The maximum Gasteiger partial charge on any atom is 0.123 e. The first-order valence-electron chi connectivity index (χ1n) is 6.45. The molecule has 0 saturated carbocycles. The van der Waals surface area contributed by atoms with Gasteiger partial charge in [0.2, 0.25) is 0 Å². The van der Waals surface area contributed by atoms with Crippen molar-refractivity contribution in [2.24, 2.45) is 0 Å². The van der Waals surface area contributed by atoms with Gasteiger partial charge in [-0.1, -0.05) is 6.92 Å². The molecule has 108 valence electrons. The summed E-state index contributed by atoms with van der Waals surface area (Å²) >= 11 is 1.54. The van der Waals surface area contributed by atoms with E-state index >= 15 is 0 Å². The molecule has 2 aromatic rings. The highest BCUT2D eigenvalue weighted by molar-refractivity contribution is 7.84. The van der Waals surface area contributed by atoms with Crippen molar-refractivity contribution in [3.05, 3.63) is 41.2 Å². The molecule has 20 heavy (non-hydrogen) atoms. The van der Waals surface area contributed by atoms with Crippen LogP contribution < -0.4 is 5.32 Å². The Hall–Kier alpha value is -1.11. The zero-order chi connectivity index (χ0) is 14.4. The van der Waals surface area contributed by atoms with E-state index < -0.39 is 10.8 Å². The van der Waals surface area contributed by atoms with Crippen molar-refractivity contribution >= 4 is 22.1 Å². The Morgan fingerprint density at radius 3 is 2.80 bits per heavy atom. The molecule has 0 saturated heterocycles. The summed E-state index contributed by atoms with van der Waals surface area (Å²) in [6, 6.07) is 6.34. The molecule has 1 N–H and O–H groups in total. The molecule has 1 unspecified atom stereocenters. The molecule has 0 aliphatic heterocycles. The van der Waals surface area contributed by atoms with E-state index in [4.69, 9.17) is 0 Å². The molecule has 0 spiro atoms. The predicted octanol–water partition coefficient (Wildman–Crippen LogP) is 2.81. The van der Waals surface area contributed by atoms with Crippen LogP contribution in [-0.2, 0) is 17.3 Å². The minimum atomic E-state index is -0.727. The molecule has 0 bridgehead atoms. The topological polar surface area (TPSA) is 42.0 Å². The number of halogens is 1. The Labute approximate surface area is 124 Å². The van der Waals surface area contributed by atoms with E-state index in [1.54, 1.807) is 23.5 Å². The van der Waals surface area contributed by atoms with Crippen LogP contribution in [0, 0.1) is 5.82 Å². The third-order valence-corrected chi connectivity index (χ3v) is 5.02. The Bertz CT molecular complexity index is 569. The van der Waals surface area contributed by atoms with Crippen molar-refractivity contribution in [1.82, 2.24) is 10.3 Å². The lowest BCUT2D eigenvalue weighted by Crippen LogP contribution is -2.20. The van der Waals surface area contributed by atoms with Gasteiger partial charge in [-0.15, -0.1) is 11.3 Å². The van der Waals surface area contributed by atoms with E-state index in [0.29, 0.717) is 18.1 Å². The van der Waals surface area contributed by atoms with Crippen molar-refractivity contribution < 1.29 is 8.60 Å². The van der Waals surface area contributed by atoms with Crippen molar-refractivity contribution in [1.29, 1.82) is 0 Å². The average molecular weight is 312 g/mol. The maximum absolute atomic E-state index is 12.9. The molecule has 1 aromatic carbocycles.